The first-order chi connectivity index (χ1) is 17.1. The van der Waals surface area contributed by atoms with Crippen LogP contribution in [0.15, 0.2) is 83.9 Å². The molecule has 2 amide bonds. The van der Waals surface area contributed by atoms with Crippen molar-refractivity contribution >= 4 is 45.9 Å². The maximum absolute atomic E-state index is 13.0. The molecule has 35 heavy (non-hydrogen) atoms. The predicted molar refractivity (Wildman–Crippen MR) is 134 cm³/mol. The number of nitrogens with zero attached hydrogens (tertiary/aromatic N) is 2. The number of aliphatic imine (C=N–C) groups is 1. The van der Waals surface area contributed by atoms with Crippen LogP contribution in [0.1, 0.15) is 28.5 Å². The molecule has 0 unspecified atom stereocenters. The number of benzene rings is 3. The third-order valence-corrected chi connectivity index (χ3v) is 5.62. The Morgan fingerprint density at radius 3 is 2.60 bits per heavy atom. The Morgan fingerprint density at radius 2 is 1.80 bits per heavy atom. The molecule has 8 nitrogen and oxygen atoms in total. The van der Waals surface area contributed by atoms with E-state index in [1.807, 2.05) is 30.3 Å². The Labute approximate surface area is 201 Å². The van der Waals surface area contributed by atoms with Gasteiger partial charge in [0.05, 0.1) is 23.5 Å². The maximum Gasteiger partial charge on any atom is 0.419 e. The molecule has 0 saturated heterocycles. The van der Waals surface area contributed by atoms with Gasteiger partial charge in [0.2, 0.25) is 5.91 Å². The van der Waals surface area contributed by atoms with E-state index in [1.165, 1.54) is 4.57 Å². The first-order valence-electron chi connectivity index (χ1n) is 11.2. The van der Waals surface area contributed by atoms with Crippen molar-refractivity contribution in [3.8, 4) is 0 Å². The van der Waals surface area contributed by atoms with E-state index in [9.17, 15) is 14.4 Å². The maximum atomic E-state index is 13.0. The topological polar surface area (TPSA) is 102 Å². The van der Waals surface area contributed by atoms with Crippen molar-refractivity contribution in [2.24, 2.45) is 4.99 Å². The highest BCUT2D eigenvalue weighted by molar-refractivity contribution is 6.25. The summed E-state index contributed by atoms with van der Waals surface area (Å²) in [6.07, 6.45) is -0.567. The van der Waals surface area contributed by atoms with E-state index in [2.05, 4.69) is 15.6 Å². The van der Waals surface area contributed by atoms with Crippen LogP contribution in [0.4, 0.5) is 16.2 Å². The lowest BCUT2D eigenvalue weighted by Crippen LogP contribution is -2.20. The summed E-state index contributed by atoms with van der Waals surface area (Å²) in [4.78, 5) is 42.8. The van der Waals surface area contributed by atoms with Crippen LogP contribution >= 0.6 is 0 Å². The number of fused-ring (bicyclic) bond motifs is 3. The number of carbonyl (C=O) groups is 3. The fourth-order valence-electron chi connectivity index (χ4n) is 4.14. The van der Waals surface area contributed by atoms with Gasteiger partial charge in [-0.1, -0.05) is 48.5 Å². The van der Waals surface area contributed by atoms with Crippen LogP contribution < -0.4 is 10.6 Å². The number of rotatable bonds is 4. The number of carbonyl (C=O) groups excluding carboxylic acids is 3. The van der Waals surface area contributed by atoms with Crippen LogP contribution in [0, 0.1) is 0 Å². The van der Waals surface area contributed by atoms with Crippen LogP contribution in [0.3, 0.4) is 0 Å². The number of hydrogen-bond donors (Lipinski definition) is 2. The second kappa shape index (κ2) is 9.26. The second-order valence-electron chi connectivity index (χ2n) is 7.89. The Hall–Kier alpha value is -4.72. The number of hydrogen-bond acceptors (Lipinski definition) is 5. The van der Waals surface area contributed by atoms with Crippen molar-refractivity contribution in [2.75, 3.05) is 23.8 Å². The van der Waals surface area contributed by atoms with Gasteiger partial charge in [0.25, 0.3) is 5.91 Å². The SMILES string of the molecule is CCOC(=O)n1c2c(c3ccccc31)NC(=O)CN=C2c1cccc(NC(=O)c2ccccc2)c1. The lowest BCUT2D eigenvalue weighted by Gasteiger charge is -2.13. The van der Waals surface area contributed by atoms with E-state index < -0.39 is 6.09 Å². The van der Waals surface area contributed by atoms with E-state index in [-0.39, 0.29) is 25.0 Å². The minimum absolute atomic E-state index is 0.109. The van der Waals surface area contributed by atoms with Crippen molar-refractivity contribution in [1.82, 2.24) is 4.57 Å². The van der Waals surface area contributed by atoms with Gasteiger partial charge in [0, 0.05) is 22.2 Å². The van der Waals surface area contributed by atoms with Crippen LogP contribution in [0.5, 0.6) is 0 Å². The molecule has 2 heterocycles. The molecule has 1 aliphatic rings. The summed E-state index contributed by atoms with van der Waals surface area (Å²) in [6.45, 7) is 1.82. The van der Waals surface area contributed by atoms with Gasteiger partial charge in [-0.3, -0.25) is 14.6 Å². The Kier molecular flexibility index (Phi) is 5.85. The number of nitrogens with one attached hydrogen (secondary N) is 2. The molecule has 2 N–H and O–H groups in total. The van der Waals surface area contributed by atoms with Crippen molar-refractivity contribution in [3.05, 3.63) is 95.7 Å². The van der Waals surface area contributed by atoms with Crippen LogP contribution in [-0.4, -0.2) is 41.3 Å². The lowest BCUT2D eigenvalue weighted by molar-refractivity contribution is -0.114. The van der Waals surface area contributed by atoms with Crippen molar-refractivity contribution in [1.29, 1.82) is 0 Å². The van der Waals surface area contributed by atoms with Crippen LogP contribution in [0.25, 0.3) is 10.9 Å². The average molecular weight is 466 g/mol. The summed E-state index contributed by atoms with van der Waals surface area (Å²) in [7, 11) is 0. The molecule has 0 spiro atoms. The summed E-state index contributed by atoms with van der Waals surface area (Å²) in [6, 6.07) is 23.3. The number of aromatic nitrogens is 1. The quantitative estimate of drug-likeness (QED) is 0.456. The summed E-state index contributed by atoms with van der Waals surface area (Å²) >= 11 is 0. The Balaban J connectivity index is 1.63. The average Bonchev–Trinajstić information content (AvgIpc) is 3.08. The molecule has 0 aliphatic carbocycles. The zero-order valence-corrected chi connectivity index (χ0v) is 18.9. The Bertz CT molecular complexity index is 1490. The fraction of sp³-hybridized carbons (Fsp3) is 0.111. The summed E-state index contributed by atoms with van der Waals surface area (Å²) in [5.74, 6) is -0.537. The highest BCUT2D eigenvalue weighted by atomic mass is 16.5. The summed E-state index contributed by atoms with van der Waals surface area (Å²) < 4.78 is 6.78. The van der Waals surface area contributed by atoms with Gasteiger partial charge in [-0.15, -0.1) is 0 Å². The van der Waals surface area contributed by atoms with E-state index in [4.69, 9.17) is 4.74 Å². The number of para-hydroxylation sites is 1. The molecule has 5 rings (SSSR count). The van der Waals surface area contributed by atoms with Gasteiger partial charge in [-0.05, 0) is 37.3 Å². The first-order valence-corrected chi connectivity index (χ1v) is 11.2. The van der Waals surface area contributed by atoms with E-state index in [1.54, 1.807) is 55.5 Å². The Morgan fingerprint density at radius 1 is 1.03 bits per heavy atom. The molecule has 0 bridgehead atoms. The number of ether oxygens (including phenoxy) is 1. The van der Waals surface area contributed by atoms with Gasteiger partial charge in [-0.25, -0.2) is 9.36 Å². The molecule has 174 valence electrons. The molecular formula is C27H22N4O4. The number of anilines is 2. The fourth-order valence-corrected chi connectivity index (χ4v) is 4.14. The largest absolute Gasteiger partial charge is 0.449 e. The molecular weight excluding hydrogens is 444 g/mol. The minimum atomic E-state index is -0.567. The molecule has 0 atom stereocenters. The van der Waals surface area contributed by atoms with Crippen molar-refractivity contribution in [2.45, 2.75) is 6.92 Å². The van der Waals surface area contributed by atoms with Gasteiger partial charge in [0.1, 0.15) is 12.2 Å². The molecule has 0 radical (unpaired) electrons. The molecule has 4 aromatic rings. The van der Waals surface area contributed by atoms with Crippen molar-refractivity contribution < 1.29 is 19.1 Å². The summed E-state index contributed by atoms with van der Waals surface area (Å²) in [5, 5.41) is 6.50. The highest BCUT2D eigenvalue weighted by Gasteiger charge is 2.29. The van der Waals surface area contributed by atoms with Gasteiger partial charge in [0.15, 0.2) is 0 Å². The van der Waals surface area contributed by atoms with Crippen LogP contribution in [-0.2, 0) is 9.53 Å². The molecule has 8 heteroatoms. The van der Waals surface area contributed by atoms with Gasteiger partial charge >= 0.3 is 6.09 Å². The molecule has 1 aromatic heterocycles. The van der Waals surface area contributed by atoms with E-state index >= 15 is 0 Å². The normalized spacial score (nSPS) is 12.8. The lowest BCUT2D eigenvalue weighted by atomic mass is 10.0. The second-order valence-corrected chi connectivity index (χ2v) is 7.89. The standard InChI is InChI=1S/C27H22N4O4/c1-2-35-27(34)31-21-14-7-6-13-20(21)24-25(31)23(28-16-22(32)30-24)18-11-8-12-19(15-18)29-26(33)17-9-4-3-5-10-17/h3-15H,2,16H2,1H3,(H,29,33)(H,30,32). The van der Waals surface area contributed by atoms with Gasteiger partial charge in [-0.2, -0.15) is 0 Å². The third-order valence-electron chi connectivity index (χ3n) is 5.62. The van der Waals surface area contributed by atoms with E-state index in [0.717, 1.165) is 0 Å². The highest BCUT2D eigenvalue weighted by Crippen LogP contribution is 2.35. The van der Waals surface area contributed by atoms with E-state index in [0.29, 0.717) is 44.8 Å². The molecule has 1 aliphatic heterocycles. The smallest absolute Gasteiger partial charge is 0.419 e. The monoisotopic (exact) mass is 466 g/mol. The zero-order valence-electron chi connectivity index (χ0n) is 18.9. The molecule has 0 fully saturated rings. The van der Waals surface area contributed by atoms with Gasteiger partial charge < -0.3 is 15.4 Å². The third kappa shape index (κ3) is 4.17. The summed E-state index contributed by atoms with van der Waals surface area (Å²) in [5.41, 5.74) is 3.70. The molecule has 0 saturated carbocycles. The van der Waals surface area contributed by atoms with Crippen LogP contribution in [0.2, 0.25) is 0 Å². The van der Waals surface area contributed by atoms with Crippen molar-refractivity contribution in [3.63, 3.8) is 0 Å². The number of amides is 2. The zero-order chi connectivity index (χ0) is 24.4. The minimum Gasteiger partial charge on any atom is -0.449 e. The predicted octanol–water partition coefficient (Wildman–Crippen LogP) is 4.69. The first kappa shape index (κ1) is 22.1. The molecule has 3 aromatic carbocycles.